The fourth-order valence-corrected chi connectivity index (χ4v) is 3.41. The van der Waals surface area contributed by atoms with Crippen LogP contribution in [0.5, 0.6) is 0 Å². The molecule has 1 aliphatic rings. The zero-order valence-electron chi connectivity index (χ0n) is 12.4. The molecule has 0 fully saturated rings. The highest BCUT2D eigenvalue weighted by Gasteiger charge is 2.42. The van der Waals surface area contributed by atoms with Gasteiger partial charge in [-0.15, -0.1) is 0 Å². The Morgan fingerprint density at radius 2 is 1.18 bits per heavy atom. The van der Waals surface area contributed by atoms with Crippen molar-refractivity contribution >= 4 is 11.4 Å². The van der Waals surface area contributed by atoms with Crippen LogP contribution in [0.4, 0.5) is 11.4 Å². The first-order valence-corrected chi connectivity index (χ1v) is 7.43. The first kappa shape index (κ1) is 13.1. The molecule has 0 amide bonds. The van der Waals surface area contributed by atoms with Crippen LogP contribution in [0.1, 0.15) is 16.7 Å². The first-order chi connectivity index (χ1) is 10.9. The second kappa shape index (κ2) is 5.00. The van der Waals surface area contributed by atoms with Crippen molar-refractivity contribution in [3.8, 4) is 0 Å². The average Bonchev–Trinajstić information content (AvgIpc) is 2.60. The highest BCUT2D eigenvalue weighted by Crippen LogP contribution is 2.49. The molecule has 0 saturated heterocycles. The van der Waals surface area contributed by atoms with Gasteiger partial charge in [0.05, 0.1) is 0 Å². The van der Waals surface area contributed by atoms with Crippen molar-refractivity contribution in [2.75, 3.05) is 12.4 Å². The number of hydrogen-bond acceptors (Lipinski definition) is 2. The number of anilines is 2. The van der Waals surface area contributed by atoms with E-state index in [0.29, 0.717) is 0 Å². The predicted molar refractivity (Wildman–Crippen MR) is 89.5 cm³/mol. The number of fused-ring (bicyclic) bond motifs is 2. The van der Waals surface area contributed by atoms with Crippen molar-refractivity contribution in [3.05, 3.63) is 95.6 Å². The van der Waals surface area contributed by atoms with Crippen LogP contribution in [-0.4, -0.2) is 7.11 Å². The van der Waals surface area contributed by atoms with Gasteiger partial charge in [0.2, 0.25) is 0 Å². The fourth-order valence-electron chi connectivity index (χ4n) is 3.41. The molecule has 0 aliphatic carbocycles. The summed E-state index contributed by atoms with van der Waals surface area (Å²) in [7, 11) is 1.78. The minimum absolute atomic E-state index is 0.584. The number of hydrogen-bond donors (Lipinski definition) is 1. The predicted octanol–water partition coefficient (Wildman–Crippen LogP) is 4.68. The van der Waals surface area contributed by atoms with E-state index in [1.165, 1.54) is 0 Å². The number of rotatable bonds is 2. The molecule has 2 heteroatoms. The highest BCUT2D eigenvalue weighted by molar-refractivity contribution is 5.77. The fraction of sp³-hybridized carbons (Fsp3) is 0.100. The van der Waals surface area contributed by atoms with Crippen LogP contribution in [0.25, 0.3) is 0 Å². The molecule has 0 radical (unpaired) electrons. The summed E-state index contributed by atoms with van der Waals surface area (Å²) in [5.74, 6) is 0. The van der Waals surface area contributed by atoms with Gasteiger partial charge in [-0.25, -0.2) is 0 Å². The van der Waals surface area contributed by atoms with E-state index in [-0.39, 0.29) is 0 Å². The Balaban J connectivity index is 2.09. The second-order valence-corrected chi connectivity index (χ2v) is 5.47. The molecule has 0 saturated carbocycles. The topological polar surface area (TPSA) is 21.3 Å². The van der Waals surface area contributed by atoms with E-state index in [9.17, 15) is 0 Å². The van der Waals surface area contributed by atoms with E-state index in [1.54, 1.807) is 7.11 Å². The van der Waals surface area contributed by atoms with E-state index in [1.807, 2.05) is 18.2 Å². The Labute approximate surface area is 130 Å². The Hall–Kier alpha value is -2.58. The van der Waals surface area contributed by atoms with E-state index in [2.05, 4.69) is 66.0 Å². The Bertz CT molecular complexity index is 765. The van der Waals surface area contributed by atoms with E-state index in [0.717, 1.165) is 28.1 Å². The van der Waals surface area contributed by atoms with Crippen molar-refractivity contribution in [1.82, 2.24) is 0 Å². The summed E-state index contributed by atoms with van der Waals surface area (Å²) in [6.07, 6.45) is 0. The minimum Gasteiger partial charge on any atom is -0.364 e. The van der Waals surface area contributed by atoms with Gasteiger partial charge < -0.3 is 10.1 Å². The average molecular weight is 287 g/mol. The molecule has 2 nitrogen and oxygen atoms in total. The van der Waals surface area contributed by atoms with Crippen molar-refractivity contribution in [2.24, 2.45) is 0 Å². The number of para-hydroxylation sites is 2. The van der Waals surface area contributed by atoms with Crippen LogP contribution in [0.15, 0.2) is 78.9 Å². The summed E-state index contributed by atoms with van der Waals surface area (Å²) < 4.78 is 6.18. The molecule has 0 aromatic heterocycles. The Morgan fingerprint density at radius 3 is 1.73 bits per heavy atom. The summed E-state index contributed by atoms with van der Waals surface area (Å²) in [4.78, 5) is 0. The van der Waals surface area contributed by atoms with Crippen molar-refractivity contribution in [1.29, 1.82) is 0 Å². The third kappa shape index (κ3) is 1.71. The molecule has 3 aromatic rings. The number of ether oxygens (including phenoxy) is 1. The zero-order valence-corrected chi connectivity index (χ0v) is 12.4. The lowest BCUT2D eigenvalue weighted by molar-refractivity contribution is 0.0587. The molecule has 4 rings (SSSR count). The van der Waals surface area contributed by atoms with Crippen LogP contribution in [0, 0.1) is 0 Å². The number of benzene rings is 3. The van der Waals surface area contributed by atoms with Crippen molar-refractivity contribution < 1.29 is 4.74 Å². The van der Waals surface area contributed by atoms with Gasteiger partial charge >= 0.3 is 0 Å². The quantitative estimate of drug-likeness (QED) is 0.738. The van der Waals surface area contributed by atoms with Crippen LogP contribution in [0.2, 0.25) is 0 Å². The van der Waals surface area contributed by atoms with Gasteiger partial charge in [-0.2, -0.15) is 0 Å². The standard InChI is InChI=1S/C20H17NO/c1-22-20(15-9-3-2-4-10-15)16-11-5-7-13-18(16)21-19-14-8-6-12-17(19)20/h2-14,21H,1H3. The molecule has 22 heavy (non-hydrogen) atoms. The molecule has 1 aliphatic heterocycles. The van der Waals surface area contributed by atoms with Crippen LogP contribution >= 0.6 is 0 Å². The molecule has 108 valence electrons. The maximum atomic E-state index is 6.18. The monoisotopic (exact) mass is 287 g/mol. The van der Waals surface area contributed by atoms with Gasteiger partial charge in [-0.1, -0.05) is 66.7 Å². The van der Waals surface area contributed by atoms with Crippen molar-refractivity contribution in [3.63, 3.8) is 0 Å². The van der Waals surface area contributed by atoms with Crippen LogP contribution in [0.3, 0.4) is 0 Å². The van der Waals surface area contributed by atoms with E-state index < -0.39 is 5.60 Å². The highest BCUT2D eigenvalue weighted by atomic mass is 16.5. The van der Waals surface area contributed by atoms with Crippen molar-refractivity contribution in [2.45, 2.75) is 5.60 Å². The lowest BCUT2D eigenvalue weighted by Crippen LogP contribution is -2.35. The zero-order chi connectivity index (χ0) is 15.0. The third-order valence-corrected chi connectivity index (χ3v) is 4.37. The van der Waals surface area contributed by atoms with Gasteiger partial charge in [0.1, 0.15) is 5.60 Å². The molecule has 0 bridgehead atoms. The lowest BCUT2D eigenvalue weighted by Gasteiger charge is -2.40. The lowest BCUT2D eigenvalue weighted by atomic mass is 9.76. The summed E-state index contributed by atoms with van der Waals surface area (Å²) in [5, 5.41) is 3.52. The molecular weight excluding hydrogens is 270 g/mol. The minimum atomic E-state index is -0.584. The maximum absolute atomic E-state index is 6.18. The van der Waals surface area contributed by atoms with E-state index >= 15 is 0 Å². The molecule has 0 atom stereocenters. The van der Waals surface area contributed by atoms with Gasteiger partial charge in [0.15, 0.2) is 0 Å². The van der Waals surface area contributed by atoms with Gasteiger partial charge in [-0.05, 0) is 17.7 Å². The molecule has 0 unspecified atom stereocenters. The summed E-state index contributed by atoms with van der Waals surface area (Å²) >= 11 is 0. The van der Waals surface area contributed by atoms with Gasteiger partial charge in [-0.3, -0.25) is 0 Å². The first-order valence-electron chi connectivity index (χ1n) is 7.43. The summed E-state index contributed by atoms with van der Waals surface area (Å²) in [6.45, 7) is 0. The smallest absolute Gasteiger partial charge is 0.147 e. The van der Waals surface area contributed by atoms with Gasteiger partial charge in [0.25, 0.3) is 0 Å². The maximum Gasteiger partial charge on any atom is 0.147 e. The molecular formula is C20H17NO. The number of methoxy groups -OCH3 is 1. The molecule has 3 aromatic carbocycles. The third-order valence-electron chi connectivity index (χ3n) is 4.37. The number of nitrogens with one attached hydrogen (secondary N) is 1. The molecule has 1 heterocycles. The Morgan fingerprint density at radius 1 is 0.682 bits per heavy atom. The molecule has 0 spiro atoms. The van der Waals surface area contributed by atoms with Crippen LogP contribution in [-0.2, 0) is 10.3 Å². The largest absolute Gasteiger partial charge is 0.364 e. The second-order valence-electron chi connectivity index (χ2n) is 5.47. The van der Waals surface area contributed by atoms with Crippen LogP contribution < -0.4 is 5.32 Å². The van der Waals surface area contributed by atoms with E-state index in [4.69, 9.17) is 4.74 Å². The summed E-state index contributed by atoms with van der Waals surface area (Å²) in [5.41, 5.74) is 5.02. The van der Waals surface area contributed by atoms with Gasteiger partial charge in [0, 0.05) is 29.6 Å². The Kier molecular flexibility index (Phi) is 2.98. The summed E-state index contributed by atoms with van der Waals surface area (Å²) in [6, 6.07) is 27.1. The SMILES string of the molecule is COC1(c2ccccc2)c2ccccc2Nc2ccccc21. The normalized spacial score (nSPS) is 14.6. The molecule has 1 N–H and O–H groups in total.